The number of rotatable bonds is 6. The van der Waals surface area contributed by atoms with Crippen LogP contribution in [0.2, 0.25) is 0 Å². The molecule has 0 bridgehead atoms. The first-order valence-electron chi connectivity index (χ1n) is 18.9. The van der Waals surface area contributed by atoms with Crippen LogP contribution < -0.4 is 10.1 Å². The van der Waals surface area contributed by atoms with Gasteiger partial charge >= 0.3 is 11.9 Å². The second kappa shape index (κ2) is 19.8. The number of aliphatic hydroxyl groups excluding tert-OH is 1. The molecule has 1 fully saturated rings. The molecule has 1 saturated heterocycles. The smallest absolute Gasteiger partial charge is 0.310 e. The van der Waals surface area contributed by atoms with Crippen LogP contribution in [-0.4, -0.2) is 47.5 Å². The molecule has 0 amide bonds. The lowest BCUT2D eigenvalue weighted by molar-refractivity contribution is -0.140. The minimum Gasteiger partial charge on any atom is -0.508 e. The van der Waals surface area contributed by atoms with Crippen molar-refractivity contribution in [3.05, 3.63) is 127 Å². The van der Waals surface area contributed by atoms with Crippen LogP contribution in [0.1, 0.15) is 77.7 Å². The van der Waals surface area contributed by atoms with Crippen molar-refractivity contribution in [2.45, 2.75) is 70.0 Å². The van der Waals surface area contributed by atoms with Crippen molar-refractivity contribution in [3.63, 3.8) is 0 Å². The van der Waals surface area contributed by atoms with E-state index in [1.54, 1.807) is 42.5 Å². The van der Waals surface area contributed by atoms with Gasteiger partial charge in [-0.3, -0.25) is 9.59 Å². The number of carbonyl (C=O) groups is 2. The minimum atomic E-state index is -0.911. The van der Waals surface area contributed by atoms with E-state index in [2.05, 4.69) is 41.9 Å². The molecule has 0 saturated carbocycles. The zero-order chi connectivity index (χ0) is 41.3. The molecule has 2 aromatic heterocycles. The van der Waals surface area contributed by atoms with Crippen molar-refractivity contribution < 1.29 is 52.0 Å². The maximum Gasteiger partial charge on any atom is 0.310 e. The van der Waals surface area contributed by atoms with E-state index in [4.69, 9.17) is 18.7 Å². The molecule has 4 N–H and O–H groups in total. The first-order valence-corrected chi connectivity index (χ1v) is 20.5. The van der Waals surface area contributed by atoms with Crippen LogP contribution in [0.3, 0.4) is 0 Å². The fraction of sp³-hybridized carbons (Fsp3) is 0.318. The van der Waals surface area contributed by atoms with Gasteiger partial charge in [0.15, 0.2) is 0 Å². The van der Waals surface area contributed by atoms with Gasteiger partial charge in [-0.15, -0.1) is 0 Å². The number of fused-ring (bicyclic) bond motifs is 4. The van der Waals surface area contributed by atoms with Crippen LogP contribution in [0, 0.1) is 11.6 Å². The summed E-state index contributed by atoms with van der Waals surface area (Å²) in [5, 5.41) is 32.4. The molecule has 4 aromatic carbocycles. The van der Waals surface area contributed by atoms with E-state index in [-0.39, 0.29) is 42.3 Å². The van der Waals surface area contributed by atoms with Gasteiger partial charge in [-0.2, -0.15) is 0 Å². The van der Waals surface area contributed by atoms with Gasteiger partial charge in [0.25, 0.3) is 0 Å². The number of phenols is 1. The molecule has 2 atom stereocenters. The number of nitrogens with one attached hydrogen (secondary N) is 1. The third-order valence-electron chi connectivity index (χ3n) is 10.1. The summed E-state index contributed by atoms with van der Waals surface area (Å²) in [6.07, 6.45) is 9.13. The van der Waals surface area contributed by atoms with Crippen molar-refractivity contribution in [1.29, 1.82) is 0 Å². The van der Waals surface area contributed by atoms with Crippen LogP contribution in [0.4, 0.5) is 8.78 Å². The largest absolute Gasteiger partial charge is 0.508 e. The number of carboxylic acids is 1. The Labute approximate surface area is 350 Å². The third-order valence-corrected chi connectivity index (χ3v) is 11.6. The molecule has 3 heterocycles. The van der Waals surface area contributed by atoms with E-state index >= 15 is 0 Å². The Balaban J connectivity index is 0.000000146. The maximum atomic E-state index is 14.2. The molecule has 14 heteroatoms. The molecule has 6 aromatic rings. The Kier molecular flexibility index (Phi) is 14.6. The lowest BCUT2D eigenvalue weighted by atomic mass is 10.1. The predicted molar refractivity (Wildman–Crippen MR) is 221 cm³/mol. The normalized spacial score (nSPS) is 16.5. The van der Waals surface area contributed by atoms with Gasteiger partial charge in [0.2, 0.25) is 0 Å². The van der Waals surface area contributed by atoms with Crippen molar-refractivity contribution in [3.8, 4) is 11.5 Å². The molecule has 0 radical (unpaired) electrons. The molecule has 2 aliphatic carbocycles. The van der Waals surface area contributed by atoms with E-state index in [0.29, 0.717) is 46.4 Å². The molecule has 0 unspecified atom stereocenters. The van der Waals surface area contributed by atoms with Crippen LogP contribution in [0.15, 0.2) is 91.0 Å². The average molecular weight is 928 g/mol. The van der Waals surface area contributed by atoms with Crippen LogP contribution in [-0.2, 0) is 40.0 Å². The van der Waals surface area contributed by atoms with E-state index in [0.717, 1.165) is 49.2 Å². The molecule has 9 rings (SSSR count). The number of hydrogen-bond acceptors (Lipinski definition) is 9. The highest BCUT2D eigenvalue weighted by Gasteiger charge is 2.30. The number of esters is 1. The first-order chi connectivity index (χ1) is 27.9. The molecule has 3 aliphatic rings. The third kappa shape index (κ3) is 10.5. The van der Waals surface area contributed by atoms with Crippen molar-refractivity contribution in [2.24, 2.45) is 0 Å². The van der Waals surface area contributed by atoms with E-state index in [1.807, 2.05) is 0 Å². The Morgan fingerprint density at radius 3 is 1.97 bits per heavy atom. The molecule has 306 valence electrons. The SMILES string of the molecule is C1CCNCC1.COC(=O)Cc1coc2cc(O)ccc12.O=C(O)Cc1coc2cc(O[C@@H]3CCc4c(Br)ccc(F)c43)ccc12.O[C@H]1CCc2c(Br)ccc(F)c21. The molecular weight excluding hydrogens is 884 g/mol. The second-order valence-corrected chi connectivity index (χ2v) is 15.7. The van der Waals surface area contributed by atoms with Crippen LogP contribution in [0.5, 0.6) is 11.5 Å². The Morgan fingerprint density at radius 2 is 1.38 bits per heavy atom. The highest BCUT2D eigenvalue weighted by atomic mass is 79.9. The number of ether oxygens (including phenoxy) is 2. The molecular formula is C44H43Br2F2NO9. The number of hydrogen-bond donors (Lipinski definition) is 4. The summed E-state index contributed by atoms with van der Waals surface area (Å²) in [5.74, 6) is -1.07. The summed E-state index contributed by atoms with van der Waals surface area (Å²) in [6, 6.07) is 16.3. The number of piperidine rings is 1. The van der Waals surface area contributed by atoms with E-state index < -0.39 is 12.1 Å². The molecule has 0 spiro atoms. The number of carbonyl (C=O) groups excluding carboxylic acids is 1. The number of aliphatic carboxylic acids is 1. The van der Waals surface area contributed by atoms with Gasteiger partial charge in [-0.1, -0.05) is 38.3 Å². The number of aromatic hydroxyl groups is 1. The highest BCUT2D eigenvalue weighted by molar-refractivity contribution is 9.10. The van der Waals surface area contributed by atoms with E-state index in [9.17, 15) is 28.6 Å². The van der Waals surface area contributed by atoms with E-state index in [1.165, 1.54) is 70.2 Å². The molecule has 10 nitrogen and oxygen atoms in total. The number of benzene rings is 4. The Hall–Kier alpha value is -4.76. The predicted octanol–water partition coefficient (Wildman–Crippen LogP) is 10.2. The van der Waals surface area contributed by atoms with Gasteiger partial charge < -0.3 is 38.9 Å². The Bertz CT molecular complexity index is 2380. The van der Waals surface area contributed by atoms with Crippen molar-refractivity contribution >= 4 is 65.7 Å². The maximum absolute atomic E-state index is 14.2. The summed E-state index contributed by atoms with van der Waals surface area (Å²) in [7, 11) is 1.34. The fourth-order valence-corrected chi connectivity index (χ4v) is 8.33. The van der Waals surface area contributed by atoms with Gasteiger partial charge in [0.05, 0.1) is 38.6 Å². The molecule has 58 heavy (non-hydrogen) atoms. The zero-order valence-electron chi connectivity index (χ0n) is 31.7. The fourth-order valence-electron chi connectivity index (χ4n) is 7.24. The summed E-state index contributed by atoms with van der Waals surface area (Å²) < 4.78 is 50.4. The van der Waals surface area contributed by atoms with Crippen molar-refractivity contribution in [2.75, 3.05) is 20.2 Å². The number of carboxylic acid groups (broad SMARTS) is 1. The summed E-state index contributed by atoms with van der Waals surface area (Å²) >= 11 is 6.80. The number of halogens is 4. The lowest BCUT2D eigenvalue weighted by Gasteiger charge is -2.16. The second-order valence-electron chi connectivity index (χ2n) is 14.0. The summed E-state index contributed by atoms with van der Waals surface area (Å²) in [4.78, 5) is 22.0. The number of aliphatic hydroxyl groups is 1. The lowest BCUT2D eigenvalue weighted by Crippen LogP contribution is -2.21. The van der Waals surface area contributed by atoms with Gasteiger partial charge in [0.1, 0.15) is 40.4 Å². The number of phenolic OH excluding ortho intramolecular Hbond substituents is 1. The summed E-state index contributed by atoms with van der Waals surface area (Å²) in [6.45, 7) is 2.50. The Morgan fingerprint density at radius 1 is 0.793 bits per heavy atom. The van der Waals surface area contributed by atoms with Gasteiger partial charge in [0, 0.05) is 54.1 Å². The van der Waals surface area contributed by atoms with Gasteiger partial charge in [-0.05, 0) is 111 Å². The van der Waals surface area contributed by atoms with Crippen molar-refractivity contribution in [1.82, 2.24) is 5.32 Å². The van der Waals surface area contributed by atoms with Crippen LogP contribution in [0.25, 0.3) is 21.9 Å². The number of methoxy groups -OCH3 is 1. The quantitative estimate of drug-likeness (QED) is 0.119. The first kappa shape index (κ1) is 42.8. The van der Waals surface area contributed by atoms with Gasteiger partial charge in [-0.25, -0.2) is 8.78 Å². The minimum absolute atomic E-state index is 0.0948. The molecule has 1 aliphatic heterocycles. The summed E-state index contributed by atoms with van der Waals surface area (Å²) in [5.41, 5.74) is 5.45. The zero-order valence-corrected chi connectivity index (χ0v) is 34.8. The standard InChI is InChI=1S/C19H14BrFO4.C11H10O4.C9H8BrFO.C5H11N/c20-14-4-5-15(21)19-13(14)3-6-16(19)25-11-1-2-12-10(7-18(22)23)9-24-17(12)8-11;1-14-11(13)4-7-6-15-10-5-8(12)2-3-9(7)10;10-6-2-3-7(11)9-5(6)1-4-8(9)12;1-2-4-6-5-3-1/h1-2,4-5,8-9,16H,3,6-7H2,(H,22,23);2-3,5-6,12H,4H2,1H3;2-3,8,12H,1,4H2;6H,1-5H2/t16-;;8-;/m1.0./s1. The highest BCUT2D eigenvalue weighted by Crippen LogP contribution is 2.41. The topological polar surface area (TPSA) is 152 Å². The monoisotopic (exact) mass is 925 g/mol. The van der Waals surface area contributed by atoms with Crippen LogP contribution >= 0.6 is 31.9 Å². The number of furan rings is 2. The average Bonchev–Trinajstić information content (AvgIpc) is 4.02.